The molecule has 6 rings (SSSR count). The van der Waals surface area contributed by atoms with Crippen LogP contribution >= 0.6 is 0 Å². The summed E-state index contributed by atoms with van der Waals surface area (Å²) in [6.45, 7) is 11.0. The summed E-state index contributed by atoms with van der Waals surface area (Å²) in [5.41, 5.74) is -9.76. The second kappa shape index (κ2) is 16.3. The summed E-state index contributed by atoms with van der Waals surface area (Å²) in [6.07, 6.45) is -13.0. The zero-order chi connectivity index (χ0) is 49.2. The minimum Gasteiger partial charge on any atom is -0.456 e. The van der Waals surface area contributed by atoms with Gasteiger partial charge in [-0.15, -0.1) is 0 Å². The second-order valence-electron chi connectivity index (χ2n) is 17.8. The summed E-state index contributed by atoms with van der Waals surface area (Å²) in [7, 11) is -6.55. The summed E-state index contributed by atoms with van der Waals surface area (Å²) >= 11 is 0. The fourth-order valence-corrected chi connectivity index (χ4v) is 9.79. The van der Waals surface area contributed by atoms with Crippen molar-refractivity contribution in [1.29, 1.82) is 0 Å². The molecule has 3 N–H and O–H groups in total. The smallest absolute Gasteiger partial charge is 0.408 e. The Morgan fingerprint density at radius 3 is 2.17 bits per heavy atom. The molecule has 11 atom stereocenters. The van der Waals surface area contributed by atoms with E-state index in [1.54, 1.807) is 57.2 Å². The molecule has 2 aromatic rings. The van der Waals surface area contributed by atoms with Gasteiger partial charge in [-0.2, -0.15) is 0 Å². The molecular formula is C45H57NO14. The Hall–Kier alpha value is -4.67. The first kappa shape index (κ1) is 37.1. The monoisotopic (exact) mass is 841 g/mol. The van der Waals surface area contributed by atoms with E-state index in [9.17, 15) is 29.4 Å². The summed E-state index contributed by atoms with van der Waals surface area (Å²) in [4.78, 5) is 70.9. The van der Waals surface area contributed by atoms with E-state index >= 15 is 4.79 Å². The number of carbonyl (C=O) groups is 5. The van der Waals surface area contributed by atoms with Crippen LogP contribution in [0.5, 0.6) is 0 Å². The lowest BCUT2D eigenvalue weighted by atomic mass is 9.44. The van der Waals surface area contributed by atoms with E-state index in [1.165, 1.54) is 52.0 Å². The predicted molar refractivity (Wildman–Crippen MR) is 213 cm³/mol. The van der Waals surface area contributed by atoms with Crippen LogP contribution in [0.25, 0.3) is 0 Å². The van der Waals surface area contributed by atoms with Crippen molar-refractivity contribution in [2.24, 2.45) is 16.7 Å². The van der Waals surface area contributed by atoms with E-state index in [1.807, 2.05) is 0 Å². The lowest BCUT2D eigenvalue weighted by molar-refractivity contribution is -0.347. The molecule has 0 aromatic heterocycles. The maximum atomic E-state index is 15.9. The zero-order valence-electron chi connectivity index (χ0n) is 40.8. The van der Waals surface area contributed by atoms with Gasteiger partial charge in [-0.05, 0) is 63.5 Å². The molecule has 2 saturated carbocycles. The van der Waals surface area contributed by atoms with Crippen molar-refractivity contribution in [3.8, 4) is 0 Å². The van der Waals surface area contributed by atoms with Gasteiger partial charge in [0.15, 0.2) is 17.5 Å². The number of amides is 1. The van der Waals surface area contributed by atoms with Crippen molar-refractivity contribution < 1.29 is 75.6 Å². The van der Waals surface area contributed by atoms with Crippen LogP contribution in [0.2, 0.25) is 0 Å². The molecule has 1 heterocycles. The average molecular weight is 842 g/mol. The van der Waals surface area contributed by atoms with Crippen LogP contribution in [-0.4, -0.2) is 114 Å². The highest BCUT2D eigenvalue weighted by Gasteiger charge is 2.78. The molecule has 1 amide bonds. The van der Waals surface area contributed by atoms with Crippen molar-refractivity contribution in [2.75, 3.05) is 20.7 Å². The van der Waals surface area contributed by atoms with Crippen LogP contribution < -0.4 is 5.32 Å². The number of Topliss-reactive ketones (excluding diaryl/α,β-unsaturated/α-hetero) is 1. The minimum atomic E-state index is -3.35. The molecule has 15 nitrogen and oxygen atoms in total. The highest BCUT2D eigenvalue weighted by atomic mass is 16.6. The first-order chi connectivity index (χ1) is 30.4. The van der Waals surface area contributed by atoms with E-state index in [0.29, 0.717) is 0 Å². The highest BCUT2D eigenvalue weighted by molar-refractivity contribution is 5.94. The van der Waals surface area contributed by atoms with E-state index in [0.717, 1.165) is 6.92 Å². The maximum absolute atomic E-state index is 15.9. The minimum absolute atomic E-state index is 0.0111. The Morgan fingerprint density at radius 1 is 0.967 bits per heavy atom. The standard InChI is InChI=1S/C45H57NO14/c1-24-28(57-39(51)33(48)32(26-17-13-11-14-18-26)46-40(52)60-41(3,4)5)22-45(53)37(58-38(50)27-19-15-12-16-20-27)35-43(8,36(49)34(55-10)31(24)42(45,6)7)29(54-9)21-30-44(35,23-56-30)59-25(2)47/h11-20,28-30,32-35,37,48,53H,21-23H2,1-10H3,(H,46,52)/t28-,29-,30+,32-,33+,34+,35-,37-,43+,44-,45?/m0/s1/i9D3,10D3. The number of benzene rings is 2. The number of aliphatic hydroxyl groups is 2. The van der Waals surface area contributed by atoms with Gasteiger partial charge in [-0.1, -0.05) is 62.4 Å². The number of fused-ring (bicyclic) bond motifs is 5. The predicted octanol–water partition coefficient (Wildman–Crippen LogP) is 4.57. The second-order valence-corrected chi connectivity index (χ2v) is 17.8. The SMILES string of the molecule is [2H]C([2H])([2H])O[C@H]1C(=O)[C@]2(C)[C@@H](OC([2H])([2H])[2H])C[C@H]3OC[C@@]3(OC(C)=O)[C@H]2[C@H](OC(=O)c2ccccc2)C2(O)C[C@H](OC(=O)[C@H](O)[C@@H](NC(=O)OC(C)(C)C)c3ccccc3)C(C)=C1C2(C)C. The van der Waals surface area contributed by atoms with Crippen LogP contribution in [0.1, 0.15) is 98.4 Å². The number of carbonyl (C=O) groups excluding carboxylic acids is 5. The molecule has 60 heavy (non-hydrogen) atoms. The molecule has 3 fully saturated rings. The van der Waals surface area contributed by atoms with Gasteiger partial charge in [0.2, 0.25) is 0 Å². The molecule has 4 aliphatic rings. The number of esters is 3. The fourth-order valence-electron chi connectivity index (χ4n) is 9.79. The number of nitrogens with one attached hydrogen (secondary N) is 1. The highest BCUT2D eigenvalue weighted by Crippen LogP contribution is 2.64. The van der Waals surface area contributed by atoms with Crippen molar-refractivity contribution in [3.63, 3.8) is 0 Å². The van der Waals surface area contributed by atoms with Crippen molar-refractivity contribution in [2.45, 2.75) is 128 Å². The molecule has 15 heteroatoms. The Labute approximate surface area is 358 Å². The first-order valence-electron chi connectivity index (χ1n) is 22.7. The van der Waals surface area contributed by atoms with Crippen LogP contribution in [-0.2, 0) is 47.5 Å². The summed E-state index contributed by atoms with van der Waals surface area (Å²) in [6, 6.07) is 14.0. The molecule has 2 bridgehead atoms. The summed E-state index contributed by atoms with van der Waals surface area (Å²) < 4.78 is 90.5. The Morgan fingerprint density at radius 2 is 1.60 bits per heavy atom. The molecular weight excluding hydrogens is 778 g/mol. The first-order valence-corrected chi connectivity index (χ1v) is 19.7. The van der Waals surface area contributed by atoms with E-state index in [2.05, 4.69) is 5.32 Å². The van der Waals surface area contributed by atoms with Gasteiger partial charge in [0.25, 0.3) is 0 Å². The third-order valence-corrected chi connectivity index (χ3v) is 12.8. The fraction of sp³-hybridized carbons (Fsp3) is 0.578. The summed E-state index contributed by atoms with van der Waals surface area (Å²) in [5, 5.41) is 28.1. The molecule has 1 unspecified atom stereocenters. The van der Waals surface area contributed by atoms with Gasteiger partial charge >= 0.3 is 24.0 Å². The Bertz CT molecular complexity index is 2230. The van der Waals surface area contributed by atoms with Crippen molar-refractivity contribution >= 4 is 29.8 Å². The van der Waals surface area contributed by atoms with Crippen LogP contribution in [0.3, 0.4) is 0 Å². The van der Waals surface area contributed by atoms with Crippen LogP contribution in [0.15, 0.2) is 71.8 Å². The molecule has 1 saturated heterocycles. The maximum Gasteiger partial charge on any atom is 0.408 e. The zero-order valence-corrected chi connectivity index (χ0v) is 34.8. The number of ketones is 1. The molecule has 2 aromatic carbocycles. The molecule has 0 spiro atoms. The topological polar surface area (TPSA) is 202 Å². The van der Waals surface area contributed by atoms with Crippen molar-refractivity contribution in [3.05, 3.63) is 82.9 Å². The number of methoxy groups -OCH3 is 2. The third kappa shape index (κ3) is 7.52. The quantitative estimate of drug-likeness (QED) is 0.171. The van der Waals surface area contributed by atoms with E-state index in [4.69, 9.17) is 41.4 Å². The summed E-state index contributed by atoms with van der Waals surface area (Å²) in [5.74, 6) is -6.18. The number of alkyl carbamates (subject to hydrolysis) is 1. The van der Waals surface area contributed by atoms with E-state index < -0.39 is 140 Å². The van der Waals surface area contributed by atoms with Crippen molar-refractivity contribution in [1.82, 2.24) is 5.32 Å². The molecule has 1 aliphatic heterocycles. The van der Waals surface area contributed by atoms with Gasteiger partial charge in [-0.25, -0.2) is 14.4 Å². The number of hydrogen-bond acceptors (Lipinski definition) is 14. The number of rotatable bonds is 10. The van der Waals surface area contributed by atoms with Gasteiger partial charge < -0.3 is 48.7 Å². The van der Waals surface area contributed by atoms with E-state index in [-0.39, 0.29) is 22.3 Å². The van der Waals surface area contributed by atoms with Crippen LogP contribution in [0.4, 0.5) is 4.79 Å². The van der Waals surface area contributed by atoms with Gasteiger partial charge in [-0.3, -0.25) is 9.59 Å². The van der Waals surface area contributed by atoms with Crippen LogP contribution in [0, 0.1) is 16.7 Å². The molecule has 3 aliphatic carbocycles. The number of hydrogen-bond donors (Lipinski definition) is 3. The molecule has 0 radical (unpaired) electrons. The average Bonchev–Trinajstić information content (AvgIpc) is 3.19. The third-order valence-electron chi connectivity index (χ3n) is 12.8. The molecule has 326 valence electrons. The number of ether oxygens (including phenoxy) is 7. The number of aliphatic hydroxyl groups excluding tert-OH is 1. The van der Waals surface area contributed by atoms with Gasteiger partial charge in [0.05, 0.1) is 43.9 Å². The van der Waals surface area contributed by atoms with Gasteiger partial charge in [0, 0.05) is 39.3 Å². The largest absolute Gasteiger partial charge is 0.456 e. The normalized spacial score (nSPS) is 34.9. The lowest BCUT2D eigenvalue weighted by Gasteiger charge is -2.67. The lowest BCUT2D eigenvalue weighted by Crippen LogP contribution is -2.82. The Kier molecular flexibility index (Phi) is 10.1. The van der Waals surface area contributed by atoms with Gasteiger partial charge in [0.1, 0.15) is 35.6 Å². The Balaban J connectivity index is 1.60.